The lowest BCUT2D eigenvalue weighted by Crippen LogP contribution is -2.32. The molecule has 2 nitrogen and oxygen atoms in total. The number of likely N-dealkylation sites (N-methyl/N-ethyl adjacent to an activating group) is 1. The Morgan fingerprint density at radius 2 is 2.00 bits per heavy atom. The molecule has 0 aromatic heterocycles. The van der Waals surface area contributed by atoms with E-state index in [-0.39, 0.29) is 12.1 Å². The highest BCUT2D eigenvalue weighted by Crippen LogP contribution is 2.16. The third-order valence-corrected chi connectivity index (χ3v) is 3.31. The van der Waals surface area contributed by atoms with Crippen molar-refractivity contribution < 1.29 is 13.5 Å². The molecule has 2 atom stereocenters. The Bertz CT molecular complexity index is 384. The van der Waals surface area contributed by atoms with E-state index in [0.29, 0.717) is 12.0 Å². The Kier molecular flexibility index (Phi) is 6.95. The summed E-state index contributed by atoms with van der Waals surface area (Å²) in [6.07, 6.45) is 2.44. The van der Waals surface area contributed by atoms with Crippen molar-refractivity contribution in [2.24, 2.45) is 0 Å². The SMILES string of the molecule is CCNC(CCC(C)OC)Cc1cccc(F)c1F. The molecule has 1 aromatic carbocycles. The second-order valence-corrected chi connectivity index (χ2v) is 4.80. The fourth-order valence-corrected chi connectivity index (χ4v) is 2.09. The lowest BCUT2D eigenvalue weighted by Gasteiger charge is -2.20. The molecule has 2 unspecified atom stereocenters. The van der Waals surface area contributed by atoms with Crippen LogP contribution in [0.5, 0.6) is 0 Å². The molecule has 0 aliphatic carbocycles. The van der Waals surface area contributed by atoms with Crippen molar-refractivity contribution in [1.29, 1.82) is 0 Å². The summed E-state index contributed by atoms with van der Waals surface area (Å²) in [4.78, 5) is 0. The van der Waals surface area contributed by atoms with Crippen molar-refractivity contribution in [3.63, 3.8) is 0 Å². The van der Waals surface area contributed by atoms with E-state index in [0.717, 1.165) is 25.5 Å². The van der Waals surface area contributed by atoms with Gasteiger partial charge in [-0.05, 0) is 44.4 Å². The van der Waals surface area contributed by atoms with Crippen molar-refractivity contribution in [2.75, 3.05) is 13.7 Å². The molecule has 0 spiro atoms. The number of ether oxygens (including phenoxy) is 1. The van der Waals surface area contributed by atoms with Gasteiger partial charge in [0.25, 0.3) is 0 Å². The molecule has 0 saturated heterocycles. The third-order valence-electron chi connectivity index (χ3n) is 3.31. The van der Waals surface area contributed by atoms with E-state index in [4.69, 9.17) is 4.74 Å². The number of hydrogen-bond donors (Lipinski definition) is 1. The summed E-state index contributed by atoms with van der Waals surface area (Å²) in [5, 5.41) is 3.31. The first-order chi connectivity index (χ1) is 9.08. The van der Waals surface area contributed by atoms with Gasteiger partial charge in [0.15, 0.2) is 11.6 Å². The van der Waals surface area contributed by atoms with Crippen LogP contribution in [0.1, 0.15) is 32.3 Å². The first kappa shape index (κ1) is 16.1. The van der Waals surface area contributed by atoms with Crippen LogP contribution in [0.25, 0.3) is 0 Å². The van der Waals surface area contributed by atoms with Crippen LogP contribution in [0.15, 0.2) is 18.2 Å². The number of nitrogens with one attached hydrogen (secondary N) is 1. The zero-order valence-corrected chi connectivity index (χ0v) is 11.9. The molecule has 4 heteroatoms. The largest absolute Gasteiger partial charge is 0.382 e. The maximum absolute atomic E-state index is 13.6. The van der Waals surface area contributed by atoms with Gasteiger partial charge in [-0.3, -0.25) is 0 Å². The summed E-state index contributed by atoms with van der Waals surface area (Å²) in [7, 11) is 1.68. The quantitative estimate of drug-likeness (QED) is 0.783. The highest BCUT2D eigenvalue weighted by Gasteiger charge is 2.14. The second kappa shape index (κ2) is 8.23. The van der Waals surface area contributed by atoms with Crippen molar-refractivity contribution in [1.82, 2.24) is 5.32 Å². The first-order valence-corrected chi connectivity index (χ1v) is 6.77. The number of methoxy groups -OCH3 is 1. The molecule has 0 radical (unpaired) electrons. The minimum atomic E-state index is -0.780. The average molecular weight is 271 g/mol. The summed E-state index contributed by atoms with van der Waals surface area (Å²) in [6, 6.07) is 4.48. The van der Waals surface area contributed by atoms with Crippen LogP contribution < -0.4 is 5.32 Å². The fourth-order valence-electron chi connectivity index (χ4n) is 2.09. The normalized spacial score (nSPS) is 14.4. The van der Waals surface area contributed by atoms with E-state index >= 15 is 0 Å². The highest BCUT2D eigenvalue weighted by molar-refractivity contribution is 5.20. The van der Waals surface area contributed by atoms with Gasteiger partial charge in [0.2, 0.25) is 0 Å². The van der Waals surface area contributed by atoms with E-state index in [9.17, 15) is 8.78 Å². The zero-order valence-electron chi connectivity index (χ0n) is 11.9. The molecule has 0 aliphatic rings. The maximum Gasteiger partial charge on any atom is 0.162 e. The molecular formula is C15H23F2NO. The van der Waals surface area contributed by atoms with Crippen molar-refractivity contribution in [3.8, 4) is 0 Å². The van der Waals surface area contributed by atoms with Crippen LogP contribution in [0.3, 0.4) is 0 Å². The fraction of sp³-hybridized carbons (Fsp3) is 0.600. The lowest BCUT2D eigenvalue weighted by molar-refractivity contribution is 0.106. The predicted octanol–water partition coefficient (Wildman–Crippen LogP) is 3.30. The number of hydrogen-bond acceptors (Lipinski definition) is 2. The van der Waals surface area contributed by atoms with E-state index in [1.165, 1.54) is 0 Å². The van der Waals surface area contributed by atoms with Crippen LogP contribution in [0.4, 0.5) is 8.78 Å². The van der Waals surface area contributed by atoms with Crippen molar-refractivity contribution >= 4 is 0 Å². The minimum Gasteiger partial charge on any atom is -0.382 e. The summed E-state index contributed by atoms with van der Waals surface area (Å²) >= 11 is 0. The van der Waals surface area contributed by atoms with E-state index in [1.807, 2.05) is 13.8 Å². The lowest BCUT2D eigenvalue weighted by atomic mass is 10.00. The van der Waals surface area contributed by atoms with Gasteiger partial charge in [0.05, 0.1) is 6.10 Å². The molecule has 0 bridgehead atoms. The summed E-state index contributed by atoms with van der Waals surface area (Å²) < 4.78 is 32.0. The summed E-state index contributed by atoms with van der Waals surface area (Å²) in [5.74, 6) is -1.51. The number of halogens is 2. The summed E-state index contributed by atoms with van der Waals surface area (Å²) in [5.41, 5.74) is 0.427. The predicted molar refractivity (Wildman–Crippen MR) is 73.2 cm³/mol. The Labute approximate surface area is 114 Å². The van der Waals surface area contributed by atoms with Crippen LogP contribution in [0, 0.1) is 11.6 Å². The van der Waals surface area contributed by atoms with Crippen LogP contribution in [-0.2, 0) is 11.2 Å². The van der Waals surface area contributed by atoms with Crippen LogP contribution in [-0.4, -0.2) is 25.8 Å². The maximum atomic E-state index is 13.6. The molecule has 1 N–H and O–H groups in total. The van der Waals surface area contributed by atoms with Crippen LogP contribution in [0.2, 0.25) is 0 Å². The van der Waals surface area contributed by atoms with Gasteiger partial charge < -0.3 is 10.1 Å². The zero-order chi connectivity index (χ0) is 14.3. The first-order valence-electron chi connectivity index (χ1n) is 6.77. The standard InChI is InChI=1S/C15H23F2NO/c1-4-18-13(9-8-11(2)19-3)10-12-6-5-7-14(16)15(12)17/h5-7,11,13,18H,4,8-10H2,1-3H3. The third kappa shape index (κ3) is 5.25. The monoisotopic (exact) mass is 271 g/mol. The van der Waals surface area contributed by atoms with Gasteiger partial charge in [0.1, 0.15) is 0 Å². The van der Waals surface area contributed by atoms with Gasteiger partial charge in [-0.1, -0.05) is 19.1 Å². The Balaban J connectivity index is 2.64. The minimum absolute atomic E-state index is 0.138. The average Bonchev–Trinajstić information content (AvgIpc) is 2.41. The van der Waals surface area contributed by atoms with Crippen molar-refractivity contribution in [3.05, 3.63) is 35.4 Å². The highest BCUT2D eigenvalue weighted by atomic mass is 19.2. The molecule has 0 amide bonds. The molecule has 19 heavy (non-hydrogen) atoms. The molecule has 1 rings (SSSR count). The van der Waals surface area contributed by atoms with Gasteiger partial charge >= 0.3 is 0 Å². The van der Waals surface area contributed by atoms with Crippen LogP contribution >= 0.6 is 0 Å². The number of benzene rings is 1. The Hall–Kier alpha value is -1.00. The van der Waals surface area contributed by atoms with Gasteiger partial charge in [-0.15, -0.1) is 0 Å². The van der Waals surface area contributed by atoms with E-state index < -0.39 is 11.6 Å². The molecule has 1 aromatic rings. The van der Waals surface area contributed by atoms with Gasteiger partial charge in [0, 0.05) is 13.2 Å². The molecule has 0 heterocycles. The molecule has 0 fully saturated rings. The van der Waals surface area contributed by atoms with E-state index in [2.05, 4.69) is 5.32 Å². The second-order valence-electron chi connectivity index (χ2n) is 4.80. The molecule has 0 saturated carbocycles. The smallest absolute Gasteiger partial charge is 0.162 e. The molecular weight excluding hydrogens is 248 g/mol. The molecule has 108 valence electrons. The number of rotatable bonds is 8. The van der Waals surface area contributed by atoms with Gasteiger partial charge in [-0.25, -0.2) is 8.78 Å². The van der Waals surface area contributed by atoms with E-state index in [1.54, 1.807) is 19.2 Å². The van der Waals surface area contributed by atoms with Gasteiger partial charge in [-0.2, -0.15) is 0 Å². The van der Waals surface area contributed by atoms with Crippen molar-refractivity contribution in [2.45, 2.75) is 45.3 Å². The Morgan fingerprint density at radius 3 is 2.63 bits per heavy atom. The topological polar surface area (TPSA) is 21.3 Å². The summed E-state index contributed by atoms with van der Waals surface area (Å²) in [6.45, 7) is 4.82. The Morgan fingerprint density at radius 1 is 1.26 bits per heavy atom. The molecule has 0 aliphatic heterocycles.